The minimum absolute atomic E-state index is 0.0645. The molecule has 6 heterocycles. The molecular weight excluding hydrogens is 895 g/mol. The summed E-state index contributed by atoms with van der Waals surface area (Å²) in [6.45, 7) is 14.7. The average molecular weight is 964 g/mol. The second kappa shape index (κ2) is 20.7. The van der Waals surface area contributed by atoms with E-state index in [9.17, 15) is 24.0 Å². The molecule has 2 N–H and O–H groups in total. The third kappa shape index (κ3) is 11.0. The Kier molecular flexibility index (Phi) is 15.4. The summed E-state index contributed by atoms with van der Waals surface area (Å²) in [6, 6.07) is 7.47. The molecule has 370 valence electrons. The van der Waals surface area contributed by atoms with Gasteiger partial charge < -0.3 is 29.2 Å². The van der Waals surface area contributed by atoms with Gasteiger partial charge in [-0.25, -0.2) is 10.4 Å². The van der Waals surface area contributed by atoms with Gasteiger partial charge in [-0.1, -0.05) is 39.7 Å². The van der Waals surface area contributed by atoms with Crippen molar-refractivity contribution in [3.8, 4) is 34.4 Å². The summed E-state index contributed by atoms with van der Waals surface area (Å²) in [5.74, 6) is 2.95. The predicted molar refractivity (Wildman–Crippen MR) is 266 cm³/mol. The fourth-order valence-electron chi connectivity index (χ4n) is 9.52. The van der Waals surface area contributed by atoms with Crippen molar-refractivity contribution < 1.29 is 33.4 Å². The number of aromatic nitrogens is 3. The highest BCUT2D eigenvalue weighted by Gasteiger charge is 2.40. The van der Waals surface area contributed by atoms with Crippen molar-refractivity contribution in [3.63, 3.8) is 0 Å². The van der Waals surface area contributed by atoms with E-state index in [1.807, 2.05) is 71.1 Å². The lowest BCUT2D eigenvalue weighted by Crippen LogP contribution is -2.62. The van der Waals surface area contributed by atoms with Gasteiger partial charge in [0.05, 0.1) is 46.3 Å². The number of nitrogens with one attached hydrogen (secondary N) is 2. The maximum absolute atomic E-state index is 14.7. The van der Waals surface area contributed by atoms with E-state index in [0.717, 1.165) is 44.7 Å². The molecule has 0 radical (unpaired) electrons. The lowest BCUT2D eigenvalue weighted by molar-refractivity contribution is -0.155. The SMILES string of the molecule is CO[C@@H](C)c1ncccc1-c1c2c3cc(ccc3n1C)-c1csc(n1)C[C@H](NC(=O)C(C(C)C)N(C)C(=O)[C@H]1CCN(C(=O)C#CC(C)(C)N(C)C)C1)C(=O)N1CCC[C@H](N1)C(=O)OCC(C)(C)C2. The molecule has 16 nitrogen and oxygen atoms in total. The number of hydrogen-bond donors (Lipinski definition) is 2. The zero-order valence-corrected chi connectivity index (χ0v) is 43.1. The first-order valence-corrected chi connectivity index (χ1v) is 24.8. The third-order valence-electron chi connectivity index (χ3n) is 14.1. The molecule has 69 heavy (non-hydrogen) atoms. The van der Waals surface area contributed by atoms with Gasteiger partial charge in [-0.2, -0.15) is 0 Å². The molecule has 3 aliphatic heterocycles. The number of hydrazine groups is 1. The van der Waals surface area contributed by atoms with Gasteiger partial charge in [0.15, 0.2) is 0 Å². The van der Waals surface area contributed by atoms with Crippen LogP contribution < -0.4 is 10.7 Å². The molecule has 3 aliphatic rings. The van der Waals surface area contributed by atoms with Gasteiger partial charge >= 0.3 is 5.97 Å². The van der Waals surface area contributed by atoms with Crippen LogP contribution in [-0.2, 0) is 53.3 Å². The van der Waals surface area contributed by atoms with Gasteiger partial charge in [0.25, 0.3) is 11.8 Å². The van der Waals surface area contributed by atoms with Crippen molar-refractivity contribution in [2.75, 3.05) is 54.5 Å². The Morgan fingerprint density at radius 2 is 1.84 bits per heavy atom. The highest BCUT2D eigenvalue weighted by molar-refractivity contribution is 7.10. The molecule has 5 atom stereocenters. The van der Waals surface area contributed by atoms with Crippen LogP contribution in [0.3, 0.4) is 0 Å². The van der Waals surface area contributed by atoms with E-state index in [0.29, 0.717) is 43.8 Å². The largest absolute Gasteiger partial charge is 0.464 e. The van der Waals surface area contributed by atoms with Crippen LogP contribution in [0, 0.1) is 29.1 Å². The molecular formula is C52H69N9O7S. The summed E-state index contributed by atoms with van der Waals surface area (Å²) < 4.78 is 14.1. The number of nitrogens with zero attached hydrogens (tertiary/aromatic N) is 7. The van der Waals surface area contributed by atoms with Gasteiger partial charge in [-0.05, 0) is 102 Å². The molecule has 0 aliphatic carbocycles. The van der Waals surface area contributed by atoms with E-state index in [2.05, 4.69) is 66.2 Å². The first kappa shape index (κ1) is 51.2. The number of fused-ring (bicyclic) bond motifs is 6. The molecule has 2 fully saturated rings. The van der Waals surface area contributed by atoms with Gasteiger partial charge in [-0.15, -0.1) is 11.3 Å². The molecule has 3 aromatic heterocycles. The third-order valence-corrected chi connectivity index (χ3v) is 14.9. The molecule has 0 saturated carbocycles. The number of carbonyl (C=O) groups is 5. The van der Waals surface area contributed by atoms with Crippen molar-refractivity contribution >= 4 is 51.8 Å². The van der Waals surface area contributed by atoms with Gasteiger partial charge in [-0.3, -0.25) is 38.9 Å². The van der Waals surface area contributed by atoms with E-state index < -0.39 is 52.8 Å². The second-order valence-electron chi connectivity index (χ2n) is 20.7. The molecule has 6 bridgehead atoms. The molecule has 4 aromatic rings. The zero-order valence-electron chi connectivity index (χ0n) is 42.3. The average Bonchev–Trinajstić information content (AvgIpc) is 4.07. The van der Waals surface area contributed by atoms with E-state index in [4.69, 9.17) is 19.4 Å². The number of amides is 4. The minimum Gasteiger partial charge on any atom is -0.464 e. The highest BCUT2D eigenvalue weighted by Crippen LogP contribution is 2.41. The number of thiazole rings is 1. The van der Waals surface area contributed by atoms with Crippen molar-refractivity contribution in [2.24, 2.45) is 24.3 Å². The number of pyridine rings is 1. The van der Waals surface area contributed by atoms with E-state index >= 15 is 0 Å². The number of carbonyl (C=O) groups excluding carboxylic acids is 5. The van der Waals surface area contributed by atoms with E-state index in [-0.39, 0.29) is 43.4 Å². The Morgan fingerprint density at radius 3 is 2.55 bits per heavy atom. The monoisotopic (exact) mass is 964 g/mol. The summed E-state index contributed by atoms with van der Waals surface area (Å²) >= 11 is 1.40. The maximum atomic E-state index is 14.7. The number of likely N-dealkylation sites (N-methyl/N-ethyl adjacent to an activating group) is 1. The predicted octanol–water partition coefficient (Wildman–Crippen LogP) is 5.39. The van der Waals surface area contributed by atoms with Crippen molar-refractivity contribution in [1.29, 1.82) is 0 Å². The normalized spacial score (nSPS) is 20.8. The first-order chi connectivity index (χ1) is 32.6. The number of benzene rings is 1. The molecule has 7 rings (SSSR count). The van der Waals surface area contributed by atoms with Crippen molar-refractivity contribution in [1.82, 2.24) is 45.0 Å². The lowest BCUT2D eigenvalue weighted by atomic mass is 9.84. The van der Waals surface area contributed by atoms with Crippen molar-refractivity contribution in [2.45, 2.75) is 110 Å². The van der Waals surface area contributed by atoms with Crippen LogP contribution in [0.1, 0.15) is 90.1 Å². The van der Waals surface area contributed by atoms with Crippen LogP contribution in [0.15, 0.2) is 41.9 Å². The van der Waals surface area contributed by atoms with Gasteiger partial charge in [0, 0.05) is 86.3 Å². The molecule has 0 spiro atoms. The van der Waals surface area contributed by atoms with Crippen LogP contribution in [-0.4, -0.2) is 142 Å². The summed E-state index contributed by atoms with van der Waals surface area (Å²) in [5, 5.41) is 8.07. The minimum atomic E-state index is -1.10. The lowest BCUT2D eigenvalue weighted by Gasteiger charge is -2.36. The quantitative estimate of drug-likeness (QED) is 0.163. The second-order valence-corrected chi connectivity index (χ2v) is 21.6. The van der Waals surface area contributed by atoms with Crippen LogP contribution in [0.25, 0.3) is 33.4 Å². The topological polar surface area (TPSA) is 172 Å². The van der Waals surface area contributed by atoms with E-state index in [1.54, 1.807) is 25.3 Å². The first-order valence-electron chi connectivity index (χ1n) is 24.0. The molecule has 1 aromatic carbocycles. The highest BCUT2D eigenvalue weighted by atomic mass is 32.1. The number of cyclic esters (lactones) is 1. The Labute approximate surface area is 410 Å². The van der Waals surface area contributed by atoms with Gasteiger partial charge in [0.2, 0.25) is 11.8 Å². The Balaban J connectivity index is 1.20. The molecule has 2 saturated heterocycles. The number of hydrogen-bond acceptors (Lipinski definition) is 12. The number of likely N-dealkylation sites (tertiary alicyclic amines) is 1. The summed E-state index contributed by atoms with van der Waals surface area (Å²) in [5.41, 5.74) is 8.59. The Morgan fingerprint density at radius 1 is 1.09 bits per heavy atom. The summed E-state index contributed by atoms with van der Waals surface area (Å²) in [4.78, 5) is 85.2. The van der Waals surface area contributed by atoms with Crippen LogP contribution in [0.5, 0.6) is 0 Å². The number of aryl methyl sites for hydroxylation is 1. The molecule has 4 amide bonds. The summed E-state index contributed by atoms with van der Waals surface area (Å²) in [7, 11) is 9.13. The molecule has 17 heteroatoms. The number of ether oxygens (including phenoxy) is 2. The fraction of sp³-hybridized carbons (Fsp3) is 0.558. The van der Waals surface area contributed by atoms with Crippen molar-refractivity contribution in [3.05, 3.63) is 58.2 Å². The zero-order chi connectivity index (χ0) is 50.1. The Bertz CT molecular complexity index is 2660. The van der Waals surface area contributed by atoms with Crippen LogP contribution >= 0.6 is 11.3 Å². The van der Waals surface area contributed by atoms with Crippen LogP contribution in [0.4, 0.5) is 0 Å². The number of rotatable bonds is 9. The van der Waals surface area contributed by atoms with E-state index in [1.165, 1.54) is 21.2 Å². The molecule has 1 unspecified atom stereocenters. The van der Waals surface area contributed by atoms with Crippen LogP contribution in [0.2, 0.25) is 0 Å². The van der Waals surface area contributed by atoms with Gasteiger partial charge in [0.1, 0.15) is 18.1 Å². The fourth-order valence-corrected chi connectivity index (χ4v) is 10.4. The number of methoxy groups -OCH3 is 1. The Hall–Kier alpha value is -5.67. The summed E-state index contributed by atoms with van der Waals surface area (Å²) in [6.07, 6.45) is 3.58. The maximum Gasteiger partial charge on any atom is 0.324 e. The smallest absolute Gasteiger partial charge is 0.324 e. The standard InChI is InChI=1S/C52H69N9O7S/c1-31(2)45(59(11)48(64)34-20-24-60(28-34)43(62)19-21-52(6,7)57(8)9)47(63)55-39-26-42-54-40(29-69-42)33-17-18-41-36(25-33)37(46(58(41)10)35-15-13-22-53-44(35)32(3)67-12)27-51(4,5)30-68-50(66)38-16-14-23-61(56-38)49(39)65/h13,15,17-18,22,25,29,31-32,34,38-39,45,56H,14,16,20,23-24,26-28,30H2,1-12H3,(H,55,63)/t32-,34-,38-,39-,45?/m0/s1. The number of esters is 1.